The van der Waals surface area contributed by atoms with Crippen molar-refractivity contribution in [2.75, 3.05) is 27.7 Å². The average molecular weight is 329 g/mol. The van der Waals surface area contributed by atoms with Crippen LogP contribution < -0.4 is 0 Å². The monoisotopic (exact) mass is 329 g/mol. The molecule has 1 aliphatic heterocycles. The highest BCUT2D eigenvalue weighted by Crippen LogP contribution is 2.32. The number of carbonyl (C=O) groups excluding carboxylic acids is 1. The molecule has 3 rings (SSSR count). The summed E-state index contributed by atoms with van der Waals surface area (Å²) in [6, 6.07) is 3.64. The second kappa shape index (κ2) is 7.11. The van der Waals surface area contributed by atoms with Gasteiger partial charge >= 0.3 is 0 Å². The first-order valence-electron chi connectivity index (χ1n) is 8.01. The summed E-state index contributed by atoms with van der Waals surface area (Å²) in [7, 11) is 5.66. The van der Waals surface area contributed by atoms with Crippen molar-refractivity contribution >= 4 is 5.91 Å². The van der Waals surface area contributed by atoms with Gasteiger partial charge in [0, 0.05) is 45.2 Å². The van der Waals surface area contributed by atoms with Crippen molar-refractivity contribution in [3.63, 3.8) is 0 Å². The van der Waals surface area contributed by atoms with E-state index in [1.54, 1.807) is 25.7 Å². The highest BCUT2D eigenvalue weighted by atomic mass is 16.5. The van der Waals surface area contributed by atoms with Crippen LogP contribution in [-0.2, 0) is 11.3 Å². The summed E-state index contributed by atoms with van der Waals surface area (Å²) in [5.74, 6) is 0.750. The number of aromatic nitrogens is 3. The van der Waals surface area contributed by atoms with E-state index >= 15 is 0 Å². The Labute approximate surface area is 141 Å². The van der Waals surface area contributed by atoms with Gasteiger partial charge in [-0.05, 0) is 26.2 Å². The molecule has 1 amide bonds. The Bertz CT molecular complexity index is 669. The minimum atomic E-state index is -0.0982. The first kappa shape index (κ1) is 16.6. The van der Waals surface area contributed by atoms with E-state index in [-0.39, 0.29) is 18.1 Å². The Morgan fingerprint density at radius 1 is 1.42 bits per heavy atom. The van der Waals surface area contributed by atoms with Crippen molar-refractivity contribution in [3.05, 3.63) is 47.8 Å². The number of imidazole rings is 1. The quantitative estimate of drug-likeness (QED) is 0.899. The third-order valence-electron chi connectivity index (χ3n) is 4.24. The molecule has 24 heavy (non-hydrogen) atoms. The predicted molar refractivity (Wildman–Crippen MR) is 89.4 cm³/mol. The predicted octanol–water partition coefficient (Wildman–Crippen LogP) is 1.47. The van der Waals surface area contributed by atoms with Gasteiger partial charge < -0.3 is 19.5 Å². The molecule has 0 aromatic carbocycles. The van der Waals surface area contributed by atoms with E-state index in [0.717, 1.165) is 24.5 Å². The van der Waals surface area contributed by atoms with E-state index in [0.29, 0.717) is 12.1 Å². The zero-order valence-electron chi connectivity index (χ0n) is 14.3. The molecule has 1 N–H and O–H groups in total. The van der Waals surface area contributed by atoms with E-state index in [1.165, 1.54) is 0 Å². The lowest BCUT2D eigenvalue weighted by Gasteiger charge is -2.23. The van der Waals surface area contributed by atoms with E-state index in [1.807, 2.05) is 36.0 Å². The van der Waals surface area contributed by atoms with Gasteiger partial charge in [-0.2, -0.15) is 0 Å². The number of hydrogen-bond acceptors (Lipinski definition) is 5. The van der Waals surface area contributed by atoms with Gasteiger partial charge in [-0.3, -0.25) is 9.78 Å². The van der Waals surface area contributed by atoms with Crippen LogP contribution in [-0.4, -0.2) is 64.5 Å². The number of amides is 1. The first-order chi connectivity index (χ1) is 11.6. The second-order valence-corrected chi connectivity index (χ2v) is 6.32. The van der Waals surface area contributed by atoms with E-state index in [9.17, 15) is 4.79 Å². The summed E-state index contributed by atoms with van der Waals surface area (Å²) in [5, 5.41) is 0. The number of pyridine rings is 1. The van der Waals surface area contributed by atoms with Gasteiger partial charge in [-0.25, -0.2) is 4.98 Å². The van der Waals surface area contributed by atoms with Crippen molar-refractivity contribution in [3.8, 4) is 0 Å². The average Bonchev–Trinajstić information content (AvgIpc) is 3.23. The standard InChI is InChI=1S/C17H23N5O2/c1-21(2)10-13-5-4-12(9-20-13)17(23)22-11-14(24-3)8-15(22)16-18-6-7-19-16/h4-7,9,14-15H,8,10-11H2,1-3H3,(H,18,19)/t14-,15?/m1/s1. The Kier molecular flexibility index (Phi) is 4.92. The van der Waals surface area contributed by atoms with E-state index in [2.05, 4.69) is 15.0 Å². The largest absolute Gasteiger partial charge is 0.380 e. The van der Waals surface area contributed by atoms with Gasteiger partial charge in [0.05, 0.1) is 23.4 Å². The number of hydrogen-bond donors (Lipinski definition) is 1. The molecule has 0 spiro atoms. The van der Waals surface area contributed by atoms with Crippen LogP contribution >= 0.6 is 0 Å². The maximum absolute atomic E-state index is 12.9. The SMILES string of the molecule is CO[C@@H]1CC(c2ncc[nH]2)N(C(=O)c2ccc(CN(C)C)nc2)C1. The molecule has 7 nitrogen and oxygen atoms in total. The molecule has 1 fully saturated rings. The number of nitrogens with one attached hydrogen (secondary N) is 1. The Morgan fingerprint density at radius 3 is 2.83 bits per heavy atom. The molecule has 0 aliphatic carbocycles. The van der Waals surface area contributed by atoms with Gasteiger partial charge in [-0.1, -0.05) is 0 Å². The molecule has 128 valence electrons. The van der Waals surface area contributed by atoms with Crippen molar-refractivity contribution in [1.82, 2.24) is 24.8 Å². The number of ether oxygens (including phenoxy) is 1. The van der Waals surface area contributed by atoms with Crippen molar-refractivity contribution < 1.29 is 9.53 Å². The minimum Gasteiger partial charge on any atom is -0.380 e. The van der Waals surface area contributed by atoms with E-state index < -0.39 is 0 Å². The number of nitrogens with zero attached hydrogens (tertiary/aromatic N) is 4. The number of H-pyrrole nitrogens is 1. The maximum Gasteiger partial charge on any atom is 0.256 e. The summed E-state index contributed by atoms with van der Waals surface area (Å²) in [6.07, 6.45) is 5.89. The summed E-state index contributed by atoms with van der Waals surface area (Å²) in [6.45, 7) is 1.30. The number of aromatic amines is 1. The van der Waals surface area contributed by atoms with Gasteiger partial charge in [-0.15, -0.1) is 0 Å². The summed E-state index contributed by atoms with van der Waals surface area (Å²) >= 11 is 0. The molecule has 2 aromatic heterocycles. The molecular formula is C17H23N5O2. The molecular weight excluding hydrogens is 306 g/mol. The zero-order chi connectivity index (χ0) is 17.1. The molecule has 1 aliphatic rings. The normalized spacial score (nSPS) is 20.8. The van der Waals surface area contributed by atoms with Crippen molar-refractivity contribution in [2.24, 2.45) is 0 Å². The van der Waals surface area contributed by atoms with Gasteiger partial charge in [0.15, 0.2) is 0 Å². The smallest absolute Gasteiger partial charge is 0.256 e. The lowest BCUT2D eigenvalue weighted by molar-refractivity contribution is 0.0684. The van der Waals surface area contributed by atoms with Crippen LogP contribution in [0.25, 0.3) is 0 Å². The molecule has 0 saturated carbocycles. The Morgan fingerprint density at radius 2 is 2.25 bits per heavy atom. The van der Waals surface area contributed by atoms with Crippen LogP contribution in [0.1, 0.15) is 34.3 Å². The van der Waals surface area contributed by atoms with Gasteiger partial charge in [0.1, 0.15) is 5.82 Å². The molecule has 0 radical (unpaired) electrons. The van der Waals surface area contributed by atoms with Gasteiger partial charge in [0.2, 0.25) is 0 Å². The molecule has 1 unspecified atom stereocenters. The number of rotatable bonds is 5. The summed E-state index contributed by atoms with van der Waals surface area (Å²) in [5.41, 5.74) is 1.53. The number of methoxy groups -OCH3 is 1. The molecule has 0 bridgehead atoms. The summed E-state index contributed by atoms with van der Waals surface area (Å²) < 4.78 is 5.46. The fraction of sp³-hybridized carbons (Fsp3) is 0.471. The zero-order valence-corrected chi connectivity index (χ0v) is 14.3. The van der Waals surface area contributed by atoms with Gasteiger partial charge in [0.25, 0.3) is 5.91 Å². The number of carbonyl (C=O) groups is 1. The lowest BCUT2D eigenvalue weighted by Crippen LogP contribution is -2.32. The Balaban J connectivity index is 1.79. The van der Waals surface area contributed by atoms with E-state index in [4.69, 9.17) is 4.74 Å². The fourth-order valence-electron chi connectivity index (χ4n) is 3.05. The second-order valence-electron chi connectivity index (χ2n) is 6.32. The van der Waals surface area contributed by atoms with Crippen molar-refractivity contribution in [2.45, 2.75) is 25.1 Å². The highest BCUT2D eigenvalue weighted by molar-refractivity contribution is 5.94. The molecule has 3 heterocycles. The fourth-order valence-corrected chi connectivity index (χ4v) is 3.05. The van der Waals surface area contributed by atoms with Crippen LogP contribution in [0.3, 0.4) is 0 Å². The third kappa shape index (κ3) is 3.47. The van der Waals surface area contributed by atoms with Crippen LogP contribution in [0.2, 0.25) is 0 Å². The third-order valence-corrected chi connectivity index (χ3v) is 4.24. The highest BCUT2D eigenvalue weighted by Gasteiger charge is 2.38. The van der Waals surface area contributed by atoms with Crippen LogP contribution in [0.15, 0.2) is 30.7 Å². The Hall–Kier alpha value is -2.25. The molecule has 2 aromatic rings. The topological polar surface area (TPSA) is 74.3 Å². The molecule has 7 heteroatoms. The summed E-state index contributed by atoms with van der Waals surface area (Å²) in [4.78, 5) is 28.6. The first-order valence-corrected chi connectivity index (χ1v) is 8.01. The maximum atomic E-state index is 12.9. The van der Waals surface area contributed by atoms with Crippen LogP contribution in [0.4, 0.5) is 0 Å². The lowest BCUT2D eigenvalue weighted by atomic mass is 10.1. The minimum absolute atomic E-state index is 0.0185. The van der Waals surface area contributed by atoms with Crippen LogP contribution in [0.5, 0.6) is 0 Å². The molecule has 2 atom stereocenters. The van der Waals surface area contributed by atoms with Crippen LogP contribution in [0, 0.1) is 0 Å². The van der Waals surface area contributed by atoms with Crippen molar-refractivity contribution in [1.29, 1.82) is 0 Å². The number of likely N-dealkylation sites (tertiary alicyclic amines) is 1. The molecule has 1 saturated heterocycles.